The van der Waals surface area contributed by atoms with Crippen molar-refractivity contribution in [2.75, 3.05) is 45.2 Å². The van der Waals surface area contributed by atoms with Crippen LogP contribution in [-0.4, -0.2) is 79.7 Å². The first kappa shape index (κ1) is 26.1. The summed E-state index contributed by atoms with van der Waals surface area (Å²) < 4.78 is 42.9. The molecule has 0 bridgehead atoms. The van der Waals surface area contributed by atoms with Crippen molar-refractivity contribution < 1.29 is 31.9 Å². The van der Waals surface area contributed by atoms with Crippen LogP contribution in [0.25, 0.3) is 0 Å². The zero-order valence-electron chi connectivity index (χ0n) is 20.4. The predicted octanol–water partition coefficient (Wildman–Crippen LogP) is 2.38. The topological polar surface area (TPSA) is 144 Å². The van der Waals surface area contributed by atoms with Crippen molar-refractivity contribution in [3.05, 3.63) is 65.5 Å². The van der Waals surface area contributed by atoms with Crippen molar-refractivity contribution in [1.29, 1.82) is 0 Å². The van der Waals surface area contributed by atoms with Crippen LogP contribution in [0.5, 0.6) is 5.75 Å². The molecule has 3 aromatic rings. The number of carbonyl (C=O) groups is 2. The molecular formula is C24H27N5O7S. The number of ether oxygens (including phenoxy) is 2. The molecule has 1 N–H and O–H groups in total. The Morgan fingerprint density at radius 3 is 2.30 bits per heavy atom. The van der Waals surface area contributed by atoms with Gasteiger partial charge in [-0.25, -0.2) is 13.2 Å². The van der Waals surface area contributed by atoms with Gasteiger partial charge in [0.15, 0.2) is 0 Å². The monoisotopic (exact) mass is 529 g/mol. The summed E-state index contributed by atoms with van der Waals surface area (Å²) in [5.74, 6) is 0.536. The summed E-state index contributed by atoms with van der Waals surface area (Å²) in [5, 5.41) is 10.3. The van der Waals surface area contributed by atoms with Gasteiger partial charge in [0.25, 0.3) is 5.91 Å². The maximum Gasteiger partial charge on any atom is 0.409 e. The molecule has 2 heterocycles. The Kier molecular flexibility index (Phi) is 8.04. The Hall–Kier alpha value is -3.97. The van der Waals surface area contributed by atoms with E-state index in [1.165, 1.54) is 33.5 Å². The normalized spacial score (nSPS) is 14.3. The zero-order chi connectivity index (χ0) is 26.4. The molecule has 196 valence electrons. The minimum absolute atomic E-state index is 0.0493. The van der Waals surface area contributed by atoms with E-state index in [0.717, 1.165) is 11.3 Å². The minimum Gasteiger partial charge on any atom is -0.497 e. The van der Waals surface area contributed by atoms with Gasteiger partial charge in [-0.2, -0.15) is 4.31 Å². The van der Waals surface area contributed by atoms with Crippen LogP contribution in [0.4, 0.5) is 10.8 Å². The first-order valence-corrected chi connectivity index (χ1v) is 13.0. The number of nitrogens with one attached hydrogen (secondary N) is 1. The van der Waals surface area contributed by atoms with Crippen molar-refractivity contribution in [3.8, 4) is 5.75 Å². The van der Waals surface area contributed by atoms with Crippen molar-refractivity contribution in [2.45, 2.75) is 18.2 Å². The molecule has 0 aliphatic carbocycles. The number of hydrogen-bond acceptors (Lipinski definition) is 9. The second kappa shape index (κ2) is 11.4. The molecule has 2 aromatic carbocycles. The van der Waals surface area contributed by atoms with Crippen LogP contribution in [0.3, 0.4) is 0 Å². The first-order valence-electron chi connectivity index (χ1n) is 11.6. The number of anilines is 1. The Labute approximate surface area is 214 Å². The van der Waals surface area contributed by atoms with Crippen molar-refractivity contribution >= 4 is 28.0 Å². The van der Waals surface area contributed by atoms with E-state index in [4.69, 9.17) is 13.9 Å². The molecule has 0 spiro atoms. The maximum absolute atomic E-state index is 13.0. The third-order valence-corrected chi connectivity index (χ3v) is 7.63. The Bertz CT molecular complexity index is 1330. The smallest absolute Gasteiger partial charge is 0.409 e. The Morgan fingerprint density at radius 1 is 1.00 bits per heavy atom. The SMILES string of the molecule is CCOC(=O)N1CCN(S(=O)(=O)c2ccc(C(=O)Nc3nnc(Cc4ccc(OC)cc4)o3)cc2)CC1. The highest BCUT2D eigenvalue weighted by Crippen LogP contribution is 2.20. The number of piperazine rings is 1. The number of nitrogens with zero attached hydrogens (tertiary/aromatic N) is 4. The van der Waals surface area contributed by atoms with Gasteiger partial charge in [0.1, 0.15) is 5.75 Å². The van der Waals surface area contributed by atoms with Crippen LogP contribution in [0.15, 0.2) is 57.8 Å². The molecule has 1 aromatic heterocycles. The Balaban J connectivity index is 1.34. The second-order valence-corrected chi connectivity index (χ2v) is 10.0. The van der Waals surface area contributed by atoms with E-state index in [1.807, 2.05) is 24.3 Å². The van der Waals surface area contributed by atoms with E-state index < -0.39 is 22.0 Å². The number of aromatic nitrogens is 2. The molecule has 13 heteroatoms. The van der Waals surface area contributed by atoms with Gasteiger partial charge in [-0.1, -0.05) is 17.2 Å². The molecule has 1 saturated heterocycles. The summed E-state index contributed by atoms with van der Waals surface area (Å²) in [6.07, 6.45) is -0.0722. The van der Waals surface area contributed by atoms with Crippen LogP contribution < -0.4 is 10.1 Å². The van der Waals surface area contributed by atoms with Crippen LogP contribution in [0, 0.1) is 0 Å². The summed E-state index contributed by atoms with van der Waals surface area (Å²) in [7, 11) is -2.19. The van der Waals surface area contributed by atoms with Crippen molar-refractivity contribution in [2.24, 2.45) is 0 Å². The van der Waals surface area contributed by atoms with Gasteiger partial charge < -0.3 is 18.8 Å². The fraction of sp³-hybridized carbons (Fsp3) is 0.333. The molecule has 0 saturated carbocycles. The fourth-order valence-corrected chi connectivity index (χ4v) is 5.14. The van der Waals surface area contributed by atoms with Gasteiger partial charge in [-0.05, 0) is 48.9 Å². The number of rotatable bonds is 8. The lowest BCUT2D eigenvalue weighted by Gasteiger charge is -2.33. The van der Waals surface area contributed by atoms with Crippen LogP contribution in [-0.2, 0) is 21.2 Å². The molecule has 37 heavy (non-hydrogen) atoms. The molecule has 1 aliphatic heterocycles. The van der Waals surface area contributed by atoms with E-state index in [2.05, 4.69) is 15.5 Å². The summed E-state index contributed by atoms with van der Waals surface area (Å²) in [6, 6.07) is 12.9. The highest BCUT2D eigenvalue weighted by Gasteiger charge is 2.30. The van der Waals surface area contributed by atoms with Crippen molar-refractivity contribution in [1.82, 2.24) is 19.4 Å². The maximum atomic E-state index is 13.0. The second-order valence-electron chi connectivity index (χ2n) is 8.09. The third-order valence-electron chi connectivity index (χ3n) is 5.72. The molecule has 1 fully saturated rings. The lowest BCUT2D eigenvalue weighted by Crippen LogP contribution is -2.50. The van der Waals surface area contributed by atoms with Gasteiger partial charge in [0.05, 0.1) is 25.0 Å². The highest BCUT2D eigenvalue weighted by atomic mass is 32.2. The summed E-state index contributed by atoms with van der Waals surface area (Å²) in [4.78, 5) is 26.0. The standard InChI is InChI=1S/C24H27N5O7S/c1-3-35-24(31)28-12-14-29(15-13-28)37(32,33)20-10-6-18(7-11-20)22(30)25-23-27-26-21(36-23)16-17-4-8-19(34-2)9-5-17/h4-11H,3,12-16H2,1-2H3,(H,25,27,30). The fourth-order valence-electron chi connectivity index (χ4n) is 3.72. The summed E-state index contributed by atoms with van der Waals surface area (Å²) in [5.41, 5.74) is 1.16. The molecule has 0 unspecified atom stereocenters. The number of amides is 2. The molecule has 4 rings (SSSR count). The number of hydrogen-bond donors (Lipinski definition) is 1. The molecule has 0 atom stereocenters. The third kappa shape index (κ3) is 6.24. The lowest BCUT2D eigenvalue weighted by molar-refractivity contribution is 0.0933. The molecule has 2 amide bonds. The lowest BCUT2D eigenvalue weighted by atomic mass is 10.1. The van der Waals surface area contributed by atoms with Gasteiger partial charge in [-0.15, -0.1) is 5.10 Å². The predicted molar refractivity (Wildman–Crippen MR) is 132 cm³/mol. The van der Waals surface area contributed by atoms with E-state index in [0.29, 0.717) is 12.3 Å². The number of carbonyl (C=O) groups excluding carboxylic acids is 2. The highest BCUT2D eigenvalue weighted by molar-refractivity contribution is 7.89. The largest absolute Gasteiger partial charge is 0.497 e. The molecule has 12 nitrogen and oxygen atoms in total. The van der Waals surface area contributed by atoms with E-state index in [-0.39, 0.29) is 49.3 Å². The molecule has 0 radical (unpaired) electrons. The minimum atomic E-state index is -3.78. The van der Waals surface area contributed by atoms with Crippen LogP contribution in [0.1, 0.15) is 28.7 Å². The molecular weight excluding hydrogens is 502 g/mol. The van der Waals surface area contributed by atoms with E-state index in [9.17, 15) is 18.0 Å². The number of sulfonamides is 1. The average molecular weight is 530 g/mol. The molecule has 1 aliphatic rings. The van der Waals surface area contributed by atoms with Gasteiger partial charge >= 0.3 is 12.1 Å². The van der Waals surface area contributed by atoms with Crippen molar-refractivity contribution in [3.63, 3.8) is 0 Å². The number of methoxy groups -OCH3 is 1. The zero-order valence-corrected chi connectivity index (χ0v) is 21.2. The first-order chi connectivity index (χ1) is 17.8. The Morgan fingerprint density at radius 2 is 1.68 bits per heavy atom. The van der Waals surface area contributed by atoms with Crippen LogP contribution >= 0.6 is 0 Å². The quantitative estimate of drug-likeness (QED) is 0.465. The summed E-state index contributed by atoms with van der Waals surface area (Å²) >= 11 is 0. The van der Waals surface area contributed by atoms with Gasteiger partial charge in [0.2, 0.25) is 15.9 Å². The van der Waals surface area contributed by atoms with Gasteiger partial charge in [-0.3, -0.25) is 10.1 Å². The summed E-state index contributed by atoms with van der Waals surface area (Å²) in [6.45, 7) is 2.76. The number of benzene rings is 2. The van der Waals surface area contributed by atoms with E-state index >= 15 is 0 Å². The average Bonchev–Trinajstić information content (AvgIpc) is 3.35. The van der Waals surface area contributed by atoms with Gasteiger partial charge in [0, 0.05) is 31.7 Å². The van der Waals surface area contributed by atoms with E-state index in [1.54, 1.807) is 14.0 Å². The van der Waals surface area contributed by atoms with Crippen LogP contribution in [0.2, 0.25) is 0 Å².